The van der Waals surface area contributed by atoms with Crippen LogP contribution in [0.25, 0.3) is 0 Å². The topological polar surface area (TPSA) is 55.4 Å². The highest BCUT2D eigenvalue weighted by Gasteiger charge is 2.29. The minimum atomic E-state index is -0.731. The average Bonchev–Trinajstić information content (AvgIpc) is 3.23. The largest absolute Gasteiger partial charge is 0.452 e. The maximum Gasteiger partial charge on any atom is 0.339 e. The fraction of sp³-hybridized carbons (Fsp3) is 0.429. The van der Waals surface area contributed by atoms with Crippen LogP contribution in [0.3, 0.4) is 0 Å². The van der Waals surface area contributed by atoms with Crippen LogP contribution in [0.1, 0.15) is 30.1 Å². The Kier molecular flexibility index (Phi) is 4.75. The Labute approximate surface area is 124 Å². The highest BCUT2D eigenvalue weighted by Crippen LogP contribution is 2.32. The maximum atomic E-state index is 13.1. The summed E-state index contributed by atoms with van der Waals surface area (Å²) in [5, 5.41) is 2.77. The molecular formula is C14H15BrFNO3. The van der Waals surface area contributed by atoms with Crippen molar-refractivity contribution in [3.8, 4) is 0 Å². The van der Waals surface area contributed by atoms with Crippen molar-refractivity contribution >= 4 is 27.8 Å². The van der Waals surface area contributed by atoms with Crippen molar-refractivity contribution in [2.75, 3.05) is 6.61 Å². The average molecular weight is 344 g/mol. The van der Waals surface area contributed by atoms with Gasteiger partial charge in [0.2, 0.25) is 0 Å². The third kappa shape index (κ3) is 4.03. The van der Waals surface area contributed by atoms with E-state index < -0.39 is 11.8 Å². The summed E-state index contributed by atoms with van der Waals surface area (Å²) < 4.78 is 18.4. The van der Waals surface area contributed by atoms with Crippen LogP contribution >= 0.6 is 15.9 Å². The number of amides is 1. The van der Waals surface area contributed by atoms with E-state index in [9.17, 15) is 14.0 Å². The molecule has 0 radical (unpaired) electrons. The normalized spacial score (nSPS) is 15.6. The van der Waals surface area contributed by atoms with Gasteiger partial charge in [0, 0.05) is 10.5 Å². The summed E-state index contributed by atoms with van der Waals surface area (Å²) >= 11 is 3.14. The van der Waals surface area contributed by atoms with E-state index in [4.69, 9.17) is 4.74 Å². The van der Waals surface area contributed by atoms with Crippen molar-refractivity contribution in [2.45, 2.75) is 25.8 Å². The summed E-state index contributed by atoms with van der Waals surface area (Å²) in [5.41, 5.74) is 0.0630. The molecule has 1 aliphatic rings. The van der Waals surface area contributed by atoms with E-state index >= 15 is 0 Å². The van der Waals surface area contributed by atoms with Crippen molar-refractivity contribution in [3.05, 3.63) is 34.1 Å². The molecule has 0 aliphatic heterocycles. The summed E-state index contributed by atoms with van der Waals surface area (Å²) in [6.45, 7) is 1.57. The van der Waals surface area contributed by atoms with E-state index in [1.165, 1.54) is 12.1 Å². The Bertz CT molecular complexity index is 531. The third-order valence-electron chi connectivity index (χ3n) is 3.20. The first-order valence-electron chi connectivity index (χ1n) is 6.39. The molecule has 4 nitrogen and oxygen atoms in total. The molecule has 1 N–H and O–H groups in total. The van der Waals surface area contributed by atoms with Gasteiger partial charge in [-0.1, -0.05) is 0 Å². The number of carbonyl (C=O) groups is 2. The molecule has 0 bridgehead atoms. The second-order valence-electron chi connectivity index (χ2n) is 4.89. The fourth-order valence-corrected chi connectivity index (χ4v) is 2.28. The van der Waals surface area contributed by atoms with E-state index in [2.05, 4.69) is 21.2 Å². The highest BCUT2D eigenvalue weighted by molar-refractivity contribution is 9.10. The SMILES string of the molecule is C[C@@H](NC(=O)COC(=O)c1cc(F)ccc1Br)C1CC1. The van der Waals surface area contributed by atoms with Crippen LogP contribution in [0, 0.1) is 11.7 Å². The number of carbonyl (C=O) groups excluding carboxylic acids is 2. The van der Waals surface area contributed by atoms with Gasteiger partial charge in [0.1, 0.15) is 5.82 Å². The lowest BCUT2D eigenvalue weighted by atomic mass is 10.2. The molecule has 20 heavy (non-hydrogen) atoms. The minimum absolute atomic E-state index is 0.0630. The van der Waals surface area contributed by atoms with Crippen LogP contribution in [-0.2, 0) is 9.53 Å². The zero-order valence-corrected chi connectivity index (χ0v) is 12.6. The molecule has 0 heterocycles. The van der Waals surface area contributed by atoms with Gasteiger partial charge in [-0.2, -0.15) is 0 Å². The molecule has 1 fully saturated rings. The second kappa shape index (κ2) is 6.35. The van der Waals surface area contributed by atoms with E-state index in [0.717, 1.165) is 18.9 Å². The number of halogens is 2. The number of benzene rings is 1. The first kappa shape index (κ1) is 15.0. The van der Waals surface area contributed by atoms with Gasteiger partial charge in [0.15, 0.2) is 6.61 Å². The molecule has 0 saturated heterocycles. The second-order valence-corrected chi connectivity index (χ2v) is 5.75. The number of nitrogens with one attached hydrogen (secondary N) is 1. The number of hydrogen-bond acceptors (Lipinski definition) is 3. The summed E-state index contributed by atoms with van der Waals surface area (Å²) in [7, 11) is 0. The highest BCUT2D eigenvalue weighted by atomic mass is 79.9. The van der Waals surface area contributed by atoms with E-state index in [1.54, 1.807) is 0 Å². The first-order valence-corrected chi connectivity index (χ1v) is 7.18. The van der Waals surface area contributed by atoms with Crippen LogP contribution in [0.5, 0.6) is 0 Å². The van der Waals surface area contributed by atoms with Crippen LogP contribution < -0.4 is 5.32 Å². The Hall–Kier alpha value is -1.43. The predicted octanol–water partition coefficient (Wildman–Crippen LogP) is 2.66. The zero-order chi connectivity index (χ0) is 14.7. The molecule has 1 amide bonds. The minimum Gasteiger partial charge on any atom is -0.452 e. The maximum absolute atomic E-state index is 13.1. The molecular weight excluding hydrogens is 329 g/mol. The van der Waals surface area contributed by atoms with Gasteiger partial charge in [-0.05, 0) is 59.8 Å². The number of hydrogen-bond donors (Lipinski definition) is 1. The van der Waals surface area contributed by atoms with Crippen molar-refractivity contribution in [3.63, 3.8) is 0 Å². The number of esters is 1. The Morgan fingerprint density at radius 1 is 1.50 bits per heavy atom. The van der Waals surface area contributed by atoms with Crippen LogP contribution in [0.4, 0.5) is 4.39 Å². The molecule has 0 spiro atoms. The lowest BCUT2D eigenvalue weighted by Crippen LogP contribution is -2.37. The Balaban J connectivity index is 1.85. The molecule has 1 saturated carbocycles. The first-order chi connectivity index (χ1) is 9.47. The van der Waals surface area contributed by atoms with Crippen molar-refractivity contribution < 1.29 is 18.7 Å². The van der Waals surface area contributed by atoms with Gasteiger partial charge in [-0.3, -0.25) is 4.79 Å². The van der Waals surface area contributed by atoms with Gasteiger partial charge >= 0.3 is 5.97 Å². The monoisotopic (exact) mass is 343 g/mol. The molecule has 6 heteroatoms. The lowest BCUT2D eigenvalue weighted by Gasteiger charge is -2.13. The Morgan fingerprint density at radius 3 is 2.85 bits per heavy atom. The van der Waals surface area contributed by atoms with E-state index in [0.29, 0.717) is 10.4 Å². The number of rotatable bonds is 5. The summed E-state index contributed by atoms with van der Waals surface area (Å²) in [5.74, 6) is -1.07. The van der Waals surface area contributed by atoms with E-state index in [1.807, 2.05) is 6.92 Å². The zero-order valence-electron chi connectivity index (χ0n) is 11.0. The summed E-state index contributed by atoms with van der Waals surface area (Å²) in [6.07, 6.45) is 2.24. The van der Waals surface area contributed by atoms with Crippen LogP contribution in [0.2, 0.25) is 0 Å². The van der Waals surface area contributed by atoms with Gasteiger partial charge in [0.25, 0.3) is 5.91 Å². The third-order valence-corrected chi connectivity index (χ3v) is 3.89. The molecule has 1 atom stereocenters. The molecule has 2 rings (SSSR count). The van der Waals surface area contributed by atoms with E-state index in [-0.39, 0.29) is 24.1 Å². The molecule has 1 aromatic rings. The standard InChI is InChI=1S/C14H15BrFNO3/c1-8(9-2-3-9)17-13(18)7-20-14(19)11-6-10(16)4-5-12(11)15/h4-6,8-9H,2-3,7H2,1H3,(H,17,18)/t8-/m1/s1. The molecule has 0 aromatic heterocycles. The number of ether oxygens (including phenoxy) is 1. The van der Waals surface area contributed by atoms with Gasteiger partial charge in [-0.25, -0.2) is 9.18 Å². The van der Waals surface area contributed by atoms with Crippen LogP contribution in [-0.4, -0.2) is 24.5 Å². The molecule has 1 aromatic carbocycles. The quantitative estimate of drug-likeness (QED) is 0.836. The van der Waals surface area contributed by atoms with Crippen LogP contribution in [0.15, 0.2) is 22.7 Å². The van der Waals surface area contributed by atoms with Gasteiger partial charge in [-0.15, -0.1) is 0 Å². The smallest absolute Gasteiger partial charge is 0.339 e. The predicted molar refractivity (Wildman–Crippen MR) is 74.7 cm³/mol. The Morgan fingerprint density at radius 2 is 2.20 bits per heavy atom. The summed E-state index contributed by atoms with van der Waals surface area (Å²) in [6, 6.07) is 3.81. The van der Waals surface area contributed by atoms with Crippen molar-refractivity contribution in [1.29, 1.82) is 0 Å². The summed E-state index contributed by atoms with van der Waals surface area (Å²) in [4.78, 5) is 23.4. The lowest BCUT2D eigenvalue weighted by molar-refractivity contribution is -0.124. The molecule has 108 valence electrons. The van der Waals surface area contributed by atoms with Gasteiger partial charge in [0.05, 0.1) is 5.56 Å². The molecule has 1 aliphatic carbocycles. The van der Waals surface area contributed by atoms with Gasteiger partial charge < -0.3 is 10.1 Å². The molecule has 0 unspecified atom stereocenters. The van der Waals surface area contributed by atoms with Crippen molar-refractivity contribution in [1.82, 2.24) is 5.32 Å². The van der Waals surface area contributed by atoms with Crippen molar-refractivity contribution in [2.24, 2.45) is 5.92 Å². The fourth-order valence-electron chi connectivity index (χ4n) is 1.87.